The monoisotopic (exact) mass is 270 g/mol. The fourth-order valence-corrected chi connectivity index (χ4v) is 2.77. The Morgan fingerprint density at radius 3 is 2.65 bits per heavy atom. The van der Waals surface area contributed by atoms with Crippen LogP contribution >= 0.6 is 0 Å². The number of rotatable bonds is 5. The van der Waals surface area contributed by atoms with E-state index in [9.17, 15) is 0 Å². The topological polar surface area (TPSA) is 28.4 Å². The Morgan fingerprint density at radius 2 is 1.90 bits per heavy atom. The van der Waals surface area contributed by atoms with Crippen LogP contribution in [0.4, 0.5) is 5.69 Å². The standard InChI is InChI=1S/C17H22N2O/c1-14-8-9-16(20-14)12-18-17-7-3-2-6-15(17)13-19-10-4-5-11-19/h2-3,6-9,18H,4-5,10-13H2,1H3. The highest BCUT2D eigenvalue weighted by Crippen LogP contribution is 2.20. The molecule has 0 saturated carbocycles. The molecule has 1 aromatic carbocycles. The zero-order valence-electron chi connectivity index (χ0n) is 12.1. The minimum atomic E-state index is 0.741. The summed E-state index contributed by atoms with van der Waals surface area (Å²) in [6, 6.07) is 12.6. The van der Waals surface area contributed by atoms with Crippen molar-refractivity contribution in [2.75, 3.05) is 18.4 Å². The van der Waals surface area contributed by atoms with Gasteiger partial charge in [0.15, 0.2) is 0 Å². The summed E-state index contributed by atoms with van der Waals surface area (Å²) in [4.78, 5) is 2.53. The van der Waals surface area contributed by atoms with Crippen LogP contribution in [0.2, 0.25) is 0 Å². The first-order valence-corrected chi connectivity index (χ1v) is 7.41. The quantitative estimate of drug-likeness (QED) is 0.896. The molecule has 3 nitrogen and oxygen atoms in total. The van der Waals surface area contributed by atoms with Gasteiger partial charge in [0.25, 0.3) is 0 Å². The molecule has 0 unspecified atom stereocenters. The molecule has 1 aromatic heterocycles. The average Bonchev–Trinajstić information content (AvgIpc) is 3.10. The van der Waals surface area contributed by atoms with Crippen LogP contribution in [0.25, 0.3) is 0 Å². The van der Waals surface area contributed by atoms with E-state index >= 15 is 0 Å². The highest BCUT2D eigenvalue weighted by molar-refractivity contribution is 5.51. The summed E-state index contributed by atoms with van der Waals surface area (Å²) in [5.41, 5.74) is 2.59. The molecule has 1 saturated heterocycles. The lowest BCUT2D eigenvalue weighted by molar-refractivity contribution is 0.332. The summed E-state index contributed by atoms with van der Waals surface area (Å²) in [6.07, 6.45) is 2.67. The smallest absolute Gasteiger partial charge is 0.123 e. The van der Waals surface area contributed by atoms with Crippen molar-refractivity contribution < 1.29 is 4.42 Å². The van der Waals surface area contributed by atoms with Crippen LogP contribution < -0.4 is 5.32 Å². The first-order valence-electron chi connectivity index (χ1n) is 7.41. The minimum absolute atomic E-state index is 0.741. The van der Waals surface area contributed by atoms with Crippen LogP contribution in [0.15, 0.2) is 40.8 Å². The van der Waals surface area contributed by atoms with E-state index in [1.165, 1.54) is 37.2 Å². The Bertz CT molecular complexity index is 556. The average molecular weight is 270 g/mol. The SMILES string of the molecule is Cc1ccc(CNc2ccccc2CN2CCCC2)o1. The highest BCUT2D eigenvalue weighted by Gasteiger charge is 2.13. The van der Waals surface area contributed by atoms with Crippen molar-refractivity contribution in [3.8, 4) is 0 Å². The molecule has 1 aliphatic heterocycles. The lowest BCUT2D eigenvalue weighted by Gasteiger charge is -2.18. The molecule has 1 fully saturated rings. The zero-order chi connectivity index (χ0) is 13.8. The van der Waals surface area contributed by atoms with Crippen LogP contribution in [0.1, 0.15) is 29.9 Å². The maximum atomic E-state index is 5.61. The second-order valence-corrected chi connectivity index (χ2v) is 5.51. The summed E-state index contributed by atoms with van der Waals surface area (Å²) < 4.78 is 5.61. The third-order valence-corrected chi connectivity index (χ3v) is 3.86. The molecule has 1 N–H and O–H groups in total. The van der Waals surface area contributed by atoms with Gasteiger partial charge in [-0.1, -0.05) is 18.2 Å². The molecule has 0 aliphatic carbocycles. The largest absolute Gasteiger partial charge is 0.465 e. The van der Waals surface area contributed by atoms with Gasteiger partial charge in [-0.25, -0.2) is 0 Å². The molecule has 3 heteroatoms. The van der Waals surface area contributed by atoms with E-state index in [-0.39, 0.29) is 0 Å². The van der Waals surface area contributed by atoms with Crippen LogP contribution in [-0.2, 0) is 13.1 Å². The third kappa shape index (κ3) is 3.23. The summed E-state index contributed by atoms with van der Waals surface area (Å²) in [5.74, 6) is 1.95. The van der Waals surface area contributed by atoms with Crippen LogP contribution in [0.3, 0.4) is 0 Å². The number of aryl methyl sites for hydroxylation is 1. The number of benzene rings is 1. The maximum Gasteiger partial charge on any atom is 0.123 e. The van der Waals surface area contributed by atoms with Gasteiger partial charge in [0.05, 0.1) is 6.54 Å². The number of nitrogens with zero attached hydrogens (tertiary/aromatic N) is 1. The summed E-state index contributed by atoms with van der Waals surface area (Å²) in [5, 5.41) is 3.50. The molecule has 2 heterocycles. The van der Waals surface area contributed by atoms with E-state index in [0.717, 1.165) is 24.6 Å². The first-order chi connectivity index (χ1) is 9.81. The molecule has 0 bridgehead atoms. The van der Waals surface area contributed by atoms with Crippen LogP contribution in [-0.4, -0.2) is 18.0 Å². The van der Waals surface area contributed by atoms with E-state index < -0.39 is 0 Å². The van der Waals surface area contributed by atoms with Crippen molar-refractivity contribution in [1.82, 2.24) is 4.90 Å². The van der Waals surface area contributed by atoms with Crippen molar-refractivity contribution in [3.63, 3.8) is 0 Å². The number of hydrogen-bond acceptors (Lipinski definition) is 3. The molecular formula is C17H22N2O. The summed E-state index contributed by atoms with van der Waals surface area (Å²) in [7, 11) is 0. The first kappa shape index (κ1) is 13.3. The Balaban J connectivity index is 1.65. The van der Waals surface area contributed by atoms with E-state index in [1.54, 1.807) is 0 Å². The van der Waals surface area contributed by atoms with E-state index in [2.05, 4.69) is 34.5 Å². The third-order valence-electron chi connectivity index (χ3n) is 3.86. The zero-order valence-corrected chi connectivity index (χ0v) is 12.1. The van der Waals surface area contributed by atoms with Gasteiger partial charge in [-0.3, -0.25) is 4.90 Å². The summed E-state index contributed by atoms with van der Waals surface area (Å²) in [6.45, 7) is 6.22. The number of anilines is 1. The molecule has 3 rings (SSSR count). The minimum Gasteiger partial charge on any atom is -0.465 e. The number of para-hydroxylation sites is 1. The Morgan fingerprint density at radius 1 is 1.10 bits per heavy atom. The molecule has 1 aliphatic rings. The number of hydrogen-bond donors (Lipinski definition) is 1. The fourth-order valence-electron chi connectivity index (χ4n) is 2.77. The molecule has 106 valence electrons. The van der Waals surface area contributed by atoms with Gasteiger partial charge in [-0.15, -0.1) is 0 Å². The molecule has 0 atom stereocenters. The van der Waals surface area contributed by atoms with Gasteiger partial charge in [0.1, 0.15) is 11.5 Å². The van der Waals surface area contributed by atoms with Crippen molar-refractivity contribution in [1.29, 1.82) is 0 Å². The second kappa shape index (κ2) is 6.14. The lowest BCUT2D eigenvalue weighted by Crippen LogP contribution is -2.19. The second-order valence-electron chi connectivity index (χ2n) is 5.51. The van der Waals surface area contributed by atoms with Crippen molar-refractivity contribution in [2.24, 2.45) is 0 Å². The van der Waals surface area contributed by atoms with Gasteiger partial charge in [-0.2, -0.15) is 0 Å². The molecule has 0 radical (unpaired) electrons. The van der Waals surface area contributed by atoms with E-state index in [1.807, 2.05) is 19.1 Å². The molecule has 0 spiro atoms. The normalized spacial score (nSPS) is 15.7. The van der Waals surface area contributed by atoms with Crippen molar-refractivity contribution >= 4 is 5.69 Å². The predicted molar refractivity (Wildman–Crippen MR) is 81.7 cm³/mol. The fraction of sp³-hybridized carbons (Fsp3) is 0.412. The predicted octanol–water partition coefficient (Wildman–Crippen LogP) is 3.80. The molecule has 0 amide bonds. The Kier molecular flexibility index (Phi) is 4.07. The number of furan rings is 1. The molecule has 2 aromatic rings. The van der Waals surface area contributed by atoms with E-state index in [4.69, 9.17) is 4.42 Å². The Hall–Kier alpha value is -1.74. The molecular weight excluding hydrogens is 248 g/mol. The Labute approximate surface area is 120 Å². The summed E-state index contributed by atoms with van der Waals surface area (Å²) >= 11 is 0. The van der Waals surface area contributed by atoms with Gasteiger partial charge in [0.2, 0.25) is 0 Å². The van der Waals surface area contributed by atoms with Crippen molar-refractivity contribution in [2.45, 2.75) is 32.9 Å². The van der Waals surface area contributed by atoms with Gasteiger partial charge >= 0.3 is 0 Å². The maximum absolute atomic E-state index is 5.61. The van der Waals surface area contributed by atoms with Gasteiger partial charge in [-0.05, 0) is 56.6 Å². The van der Waals surface area contributed by atoms with E-state index in [0.29, 0.717) is 0 Å². The van der Waals surface area contributed by atoms with Gasteiger partial charge in [0, 0.05) is 12.2 Å². The van der Waals surface area contributed by atoms with Crippen LogP contribution in [0.5, 0.6) is 0 Å². The van der Waals surface area contributed by atoms with Crippen molar-refractivity contribution in [3.05, 3.63) is 53.5 Å². The van der Waals surface area contributed by atoms with Crippen LogP contribution in [0, 0.1) is 6.92 Å². The molecule has 20 heavy (non-hydrogen) atoms. The highest BCUT2D eigenvalue weighted by atomic mass is 16.3. The number of nitrogens with one attached hydrogen (secondary N) is 1. The lowest BCUT2D eigenvalue weighted by atomic mass is 10.1. The van der Waals surface area contributed by atoms with Gasteiger partial charge < -0.3 is 9.73 Å². The number of likely N-dealkylation sites (tertiary alicyclic amines) is 1.